The lowest BCUT2D eigenvalue weighted by atomic mass is 10.0. The van der Waals surface area contributed by atoms with Gasteiger partial charge >= 0.3 is 0 Å². The van der Waals surface area contributed by atoms with Gasteiger partial charge in [-0.15, -0.1) is 0 Å². The molecule has 0 saturated carbocycles. The van der Waals surface area contributed by atoms with E-state index in [2.05, 4.69) is 15.5 Å². The van der Waals surface area contributed by atoms with E-state index in [4.69, 9.17) is 0 Å². The van der Waals surface area contributed by atoms with E-state index in [-0.39, 0.29) is 36.3 Å². The number of aryl methyl sites for hydroxylation is 1. The number of likely N-dealkylation sites (tertiary alicyclic amines) is 2. The molecule has 2 aromatic carbocycles. The Bertz CT molecular complexity index is 1050. The summed E-state index contributed by atoms with van der Waals surface area (Å²) in [6.45, 7) is 4.40. The van der Waals surface area contributed by atoms with Gasteiger partial charge in [-0.05, 0) is 62.7 Å². The number of halogens is 3. The number of benzene rings is 2. The summed E-state index contributed by atoms with van der Waals surface area (Å²) in [4.78, 5) is 28.8. The molecule has 0 radical (unpaired) electrons. The van der Waals surface area contributed by atoms with Crippen molar-refractivity contribution in [2.24, 2.45) is 0 Å². The number of nitrogens with one attached hydrogen (secondary N) is 2. The second kappa shape index (κ2) is 9.82. The first-order chi connectivity index (χ1) is 15.8. The minimum Gasteiger partial charge on any atom is -0.350 e. The summed E-state index contributed by atoms with van der Waals surface area (Å²) in [5.41, 5.74) is 0.0842. The zero-order valence-electron chi connectivity index (χ0n) is 18.5. The number of anilines is 2. The van der Waals surface area contributed by atoms with E-state index in [1.165, 1.54) is 29.5 Å². The summed E-state index contributed by atoms with van der Waals surface area (Å²) < 4.78 is 42.7. The van der Waals surface area contributed by atoms with E-state index in [1.807, 2.05) is 0 Å². The monoisotopic (exact) mass is 460 g/mol. The summed E-state index contributed by atoms with van der Waals surface area (Å²) in [6, 6.07) is 6.14. The predicted molar refractivity (Wildman–Crippen MR) is 119 cm³/mol. The van der Waals surface area contributed by atoms with Crippen molar-refractivity contribution in [1.29, 1.82) is 0 Å². The molecule has 0 aromatic heterocycles. The van der Waals surface area contributed by atoms with Crippen molar-refractivity contribution in [2.75, 3.05) is 38.0 Å². The lowest BCUT2D eigenvalue weighted by Crippen LogP contribution is -2.62. The van der Waals surface area contributed by atoms with Gasteiger partial charge < -0.3 is 15.5 Å². The van der Waals surface area contributed by atoms with E-state index in [9.17, 15) is 22.8 Å². The fourth-order valence-electron chi connectivity index (χ4n) is 4.21. The van der Waals surface area contributed by atoms with Gasteiger partial charge in [0.25, 0.3) is 5.91 Å². The van der Waals surface area contributed by atoms with Gasteiger partial charge in [0.2, 0.25) is 5.91 Å². The second-order valence-electron chi connectivity index (χ2n) is 8.70. The van der Waals surface area contributed by atoms with Gasteiger partial charge in [0.1, 0.15) is 5.82 Å². The molecule has 9 heteroatoms. The number of carbonyl (C=O) groups excluding carboxylic acids is 2. The predicted octanol–water partition coefficient (Wildman–Crippen LogP) is 3.58. The maximum atomic E-state index is 14.6. The van der Waals surface area contributed by atoms with Crippen molar-refractivity contribution >= 4 is 23.2 Å². The third-order valence-corrected chi connectivity index (χ3v) is 6.06. The Morgan fingerprint density at radius 1 is 1.00 bits per heavy atom. The molecule has 2 aromatic rings. The second-order valence-corrected chi connectivity index (χ2v) is 8.70. The summed E-state index contributed by atoms with van der Waals surface area (Å²) in [6.07, 6.45) is 3.38. The number of piperidine rings is 1. The Morgan fingerprint density at radius 2 is 1.73 bits per heavy atom. The number of amides is 2. The van der Waals surface area contributed by atoms with Gasteiger partial charge in [-0.25, -0.2) is 13.2 Å². The molecule has 176 valence electrons. The maximum absolute atomic E-state index is 14.6. The fourth-order valence-corrected chi connectivity index (χ4v) is 4.21. The normalized spacial score (nSPS) is 16.9. The van der Waals surface area contributed by atoms with Crippen molar-refractivity contribution in [3.05, 3.63) is 58.9 Å². The van der Waals surface area contributed by atoms with Crippen LogP contribution in [-0.2, 0) is 4.79 Å². The average Bonchev–Trinajstić information content (AvgIpc) is 2.76. The summed E-state index contributed by atoms with van der Waals surface area (Å²) in [7, 11) is 0. The topological polar surface area (TPSA) is 64.7 Å². The lowest BCUT2D eigenvalue weighted by Gasteiger charge is -2.40. The third-order valence-electron chi connectivity index (χ3n) is 6.06. The molecular formula is C24H27F3N4O2. The van der Waals surface area contributed by atoms with Crippen LogP contribution in [0.25, 0.3) is 0 Å². The third kappa shape index (κ3) is 5.30. The van der Waals surface area contributed by atoms with Gasteiger partial charge in [0, 0.05) is 13.1 Å². The maximum Gasteiger partial charge on any atom is 0.256 e. The van der Waals surface area contributed by atoms with Gasteiger partial charge in [-0.2, -0.15) is 0 Å². The first-order valence-electron chi connectivity index (χ1n) is 11.1. The van der Waals surface area contributed by atoms with Crippen LogP contribution >= 0.6 is 0 Å². The number of rotatable bonds is 6. The molecule has 2 N–H and O–H groups in total. The fraction of sp³-hybridized carbons (Fsp3) is 0.417. The van der Waals surface area contributed by atoms with Gasteiger partial charge in [-0.3, -0.25) is 14.5 Å². The lowest BCUT2D eigenvalue weighted by molar-refractivity contribution is -0.124. The molecule has 4 rings (SSSR count). The first-order valence-corrected chi connectivity index (χ1v) is 11.1. The van der Waals surface area contributed by atoms with Gasteiger partial charge in [0.05, 0.1) is 29.5 Å². The number of carbonyl (C=O) groups is 2. The van der Waals surface area contributed by atoms with Crippen LogP contribution in [-0.4, -0.2) is 60.4 Å². The Morgan fingerprint density at radius 3 is 2.42 bits per heavy atom. The van der Waals surface area contributed by atoms with Gasteiger partial charge in [-0.1, -0.05) is 12.5 Å². The molecule has 2 saturated heterocycles. The van der Waals surface area contributed by atoms with Crippen LogP contribution in [0.1, 0.15) is 35.2 Å². The molecule has 2 fully saturated rings. The molecule has 2 aliphatic heterocycles. The molecule has 0 spiro atoms. The molecule has 2 aliphatic rings. The van der Waals surface area contributed by atoms with Crippen molar-refractivity contribution < 1.29 is 22.8 Å². The van der Waals surface area contributed by atoms with Crippen LogP contribution in [0.4, 0.5) is 24.5 Å². The van der Waals surface area contributed by atoms with E-state index >= 15 is 0 Å². The van der Waals surface area contributed by atoms with E-state index in [1.54, 1.807) is 13.0 Å². The molecule has 0 bridgehead atoms. The Labute approximate surface area is 190 Å². The van der Waals surface area contributed by atoms with Crippen molar-refractivity contribution in [1.82, 2.24) is 15.1 Å². The molecule has 33 heavy (non-hydrogen) atoms. The van der Waals surface area contributed by atoms with Crippen molar-refractivity contribution in [3.8, 4) is 0 Å². The highest BCUT2D eigenvalue weighted by Gasteiger charge is 2.34. The quantitative estimate of drug-likeness (QED) is 0.692. The zero-order valence-corrected chi connectivity index (χ0v) is 18.5. The molecule has 2 amide bonds. The van der Waals surface area contributed by atoms with Crippen LogP contribution in [0.2, 0.25) is 0 Å². The number of nitrogens with zero attached hydrogens (tertiary/aromatic N) is 2. The number of hydrogen-bond donors (Lipinski definition) is 2. The van der Waals surface area contributed by atoms with Gasteiger partial charge in [0.15, 0.2) is 11.6 Å². The highest BCUT2D eigenvalue weighted by atomic mass is 19.2. The smallest absolute Gasteiger partial charge is 0.256 e. The van der Waals surface area contributed by atoms with E-state index in [0.29, 0.717) is 12.1 Å². The van der Waals surface area contributed by atoms with Crippen LogP contribution in [0.5, 0.6) is 0 Å². The largest absolute Gasteiger partial charge is 0.350 e. The summed E-state index contributed by atoms with van der Waals surface area (Å²) in [5, 5.41) is 5.45. The molecule has 6 nitrogen and oxygen atoms in total. The standard InChI is InChI=1S/C24H27F3N4O2/c1-15-5-8-20(19(26)11-15)29-23-17(6-7-18(25)22(23)27)24(33)31-12-16(13-31)28-21(32)14-30-9-3-2-4-10-30/h5-8,11,16,29H,2-4,9-10,12-14H2,1H3,(H,28,32). The summed E-state index contributed by atoms with van der Waals surface area (Å²) in [5.74, 6) is -3.65. The minimum absolute atomic E-state index is 0.0642. The average molecular weight is 461 g/mol. The number of hydrogen-bond acceptors (Lipinski definition) is 4. The molecule has 2 heterocycles. The summed E-state index contributed by atoms with van der Waals surface area (Å²) >= 11 is 0. The van der Waals surface area contributed by atoms with Crippen LogP contribution in [0, 0.1) is 24.4 Å². The van der Waals surface area contributed by atoms with Crippen LogP contribution < -0.4 is 10.6 Å². The molecular weight excluding hydrogens is 433 g/mol. The zero-order chi connectivity index (χ0) is 23.5. The highest BCUT2D eigenvalue weighted by Crippen LogP contribution is 2.30. The Balaban J connectivity index is 1.40. The Hall–Kier alpha value is -3.07. The van der Waals surface area contributed by atoms with Crippen molar-refractivity contribution in [2.45, 2.75) is 32.2 Å². The molecule has 0 atom stereocenters. The SMILES string of the molecule is Cc1ccc(Nc2c(C(=O)N3CC(NC(=O)CN4CCCCC4)C3)ccc(F)c2F)c(F)c1. The van der Waals surface area contributed by atoms with E-state index < -0.39 is 29.0 Å². The minimum atomic E-state index is -1.26. The van der Waals surface area contributed by atoms with Crippen molar-refractivity contribution in [3.63, 3.8) is 0 Å². The molecule has 0 aliphatic carbocycles. The van der Waals surface area contributed by atoms with E-state index in [0.717, 1.165) is 32.0 Å². The van der Waals surface area contributed by atoms with Crippen LogP contribution in [0.3, 0.4) is 0 Å². The van der Waals surface area contributed by atoms with Crippen LogP contribution in [0.15, 0.2) is 30.3 Å². The highest BCUT2D eigenvalue weighted by molar-refractivity contribution is 6.01. The molecule has 0 unspecified atom stereocenters. The Kier molecular flexibility index (Phi) is 6.88. The first kappa shape index (κ1) is 23.1.